The second-order valence-corrected chi connectivity index (χ2v) is 5.65. The van der Waals surface area contributed by atoms with E-state index in [1.54, 1.807) is 0 Å². The lowest BCUT2D eigenvalue weighted by Gasteiger charge is -2.37. The van der Waals surface area contributed by atoms with Gasteiger partial charge in [-0.05, 0) is 31.7 Å². The van der Waals surface area contributed by atoms with E-state index < -0.39 is 0 Å². The van der Waals surface area contributed by atoms with Gasteiger partial charge in [-0.25, -0.2) is 0 Å². The number of nitrogens with zero attached hydrogens (tertiary/aromatic N) is 1. The summed E-state index contributed by atoms with van der Waals surface area (Å²) in [5.74, 6) is 0. The van der Waals surface area contributed by atoms with Crippen LogP contribution in [0.15, 0.2) is 24.3 Å². The van der Waals surface area contributed by atoms with Crippen molar-refractivity contribution >= 4 is 0 Å². The summed E-state index contributed by atoms with van der Waals surface area (Å²) in [7, 11) is 0. The lowest BCUT2D eigenvalue weighted by molar-refractivity contribution is 0.0982. The van der Waals surface area contributed by atoms with Gasteiger partial charge in [-0.1, -0.05) is 36.2 Å². The van der Waals surface area contributed by atoms with Gasteiger partial charge in [0.2, 0.25) is 0 Å². The lowest BCUT2D eigenvalue weighted by atomic mass is 9.91. The maximum atomic E-state index is 9.15. The fraction of sp³-hybridized carbons (Fsp3) is 0.625. The molecule has 0 spiro atoms. The van der Waals surface area contributed by atoms with Crippen LogP contribution in [0.1, 0.15) is 42.9 Å². The van der Waals surface area contributed by atoms with E-state index in [2.05, 4.69) is 36.1 Å². The van der Waals surface area contributed by atoms with Gasteiger partial charge >= 0.3 is 0 Å². The summed E-state index contributed by atoms with van der Waals surface area (Å²) in [5.41, 5.74) is 8.74. The third-order valence-electron chi connectivity index (χ3n) is 4.21. The summed E-state index contributed by atoms with van der Waals surface area (Å²) in [4.78, 5) is 2.40. The zero-order chi connectivity index (χ0) is 13.7. The molecule has 1 unspecified atom stereocenters. The second kappa shape index (κ2) is 7.04. The predicted molar refractivity (Wildman–Crippen MR) is 79.0 cm³/mol. The summed E-state index contributed by atoms with van der Waals surface area (Å²) in [6, 6.07) is 9.26. The molecule has 1 aliphatic rings. The van der Waals surface area contributed by atoms with Crippen LogP contribution >= 0.6 is 0 Å². The van der Waals surface area contributed by atoms with Crippen LogP contribution in [-0.4, -0.2) is 35.7 Å². The fourth-order valence-electron chi connectivity index (χ4n) is 2.64. The summed E-state index contributed by atoms with van der Waals surface area (Å²) in [6.07, 6.45) is 4.84. The van der Waals surface area contributed by atoms with Gasteiger partial charge < -0.3 is 10.8 Å². The van der Waals surface area contributed by atoms with E-state index in [9.17, 15) is 0 Å². The van der Waals surface area contributed by atoms with Gasteiger partial charge in [0, 0.05) is 25.2 Å². The fourth-order valence-corrected chi connectivity index (χ4v) is 2.64. The summed E-state index contributed by atoms with van der Waals surface area (Å²) in [6.45, 7) is 4.11. The minimum absolute atomic E-state index is 0.0990. The number of hydrogen-bond donors (Lipinski definition) is 2. The highest BCUT2D eigenvalue weighted by molar-refractivity contribution is 5.23. The van der Waals surface area contributed by atoms with Crippen LogP contribution in [0.25, 0.3) is 0 Å². The number of aryl methyl sites for hydroxylation is 1. The molecule has 106 valence electrons. The molecule has 1 atom stereocenters. The zero-order valence-electron chi connectivity index (χ0n) is 11.9. The summed E-state index contributed by atoms with van der Waals surface area (Å²) >= 11 is 0. The van der Waals surface area contributed by atoms with Crippen molar-refractivity contribution in [2.45, 2.75) is 44.7 Å². The molecule has 1 aromatic rings. The quantitative estimate of drug-likeness (QED) is 0.792. The Morgan fingerprint density at radius 2 is 1.95 bits per heavy atom. The Bertz CT molecular complexity index is 373. The summed E-state index contributed by atoms with van der Waals surface area (Å²) in [5, 5.41) is 9.15. The third kappa shape index (κ3) is 4.03. The Morgan fingerprint density at radius 1 is 1.26 bits per heavy atom. The van der Waals surface area contributed by atoms with Crippen LogP contribution in [0.2, 0.25) is 0 Å². The largest absolute Gasteiger partial charge is 0.395 e. The van der Waals surface area contributed by atoms with E-state index in [1.165, 1.54) is 30.4 Å². The number of aliphatic hydroxyl groups is 1. The highest BCUT2D eigenvalue weighted by Crippen LogP contribution is 2.25. The monoisotopic (exact) mass is 262 g/mol. The number of benzene rings is 1. The van der Waals surface area contributed by atoms with E-state index in [1.807, 2.05) is 0 Å². The molecule has 1 saturated carbocycles. The molecule has 0 aromatic heterocycles. The molecule has 19 heavy (non-hydrogen) atoms. The number of aliphatic hydroxyl groups excluding tert-OH is 1. The van der Waals surface area contributed by atoms with Crippen LogP contribution in [0, 0.1) is 6.92 Å². The molecule has 1 fully saturated rings. The predicted octanol–water partition coefficient (Wildman–Crippen LogP) is 2.23. The van der Waals surface area contributed by atoms with E-state index in [0.29, 0.717) is 6.04 Å². The Kier molecular flexibility index (Phi) is 5.37. The molecule has 1 aromatic carbocycles. The molecule has 0 saturated heterocycles. The third-order valence-corrected chi connectivity index (χ3v) is 4.21. The number of nitrogens with two attached hydrogens (primary N) is 1. The first-order valence-electron chi connectivity index (χ1n) is 7.38. The smallest absolute Gasteiger partial charge is 0.0558 e. The van der Waals surface area contributed by atoms with Crippen molar-refractivity contribution in [2.24, 2.45) is 5.73 Å². The second-order valence-electron chi connectivity index (χ2n) is 5.65. The summed E-state index contributed by atoms with van der Waals surface area (Å²) < 4.78 is 0. The first-order chi connectivity index (χ1) is 9.20. The maximum absolute atomic E-state index is 9.15. The average Bonchev–Trinajstić information content (AvgIpc) is 2.34. The number of hydrogen-bond acceptors (Lipinski definition) is 3. The average molecular weight is 262 g/mol. The normalized spacial score (nSPS) is 17.5. The van der Waals surface area contributed by atoms with Crippen LogP contribution in [0.4, 0.5) is 0 Å². The molecule has 0 heterocycles. The van der Waals surface area contributed by atoms with E-state index in [4.69, 9.17) is 10.8 Å². The topological polar surface area (TPSA) is 49.5 Å². The minimum Gasteiger partial charge on any atom is -0.395 e. The minimum atomic E-state index is 0.0990. The standard InChI is InChI=1S/C16H26N2O/c1-13-5-7-14(8-6-13)16(17)9-10-18(11-12-19)15-3-2-4-15/h5-8,15-16,19H,2-4,9-12,17H2,1H3. The van der Waals surface area contributed by atoms with Crippen molar-refractivity contribution in [1.29, 1.82) is 0 Å². The molecule has 3 heteroatoms. The Morgan fingerprint density at radius 3 is 2.47 bits per heavy atom. The Balaban J connectivity index is 1.83. The van der Waals surface area contributed by atoms with Crippen molar-refractivity contribution in [1.82, 2.24) is 4.90 Å². The number of rotatable bonds is 7. The highest BCUT2D eigenvalue weighted by Gasteiger charge is 2.24. The van der Waals surface area contributed by atoms with E-state index >= 15 is 0 Å². The zero-order valence-corrected chi connectivity index (χ0v) is 11.9. The van der Waals surface area contributed by atoms with Crippen LogP contribution < -0.4 is 5.73 Å². The Hall–Kier alpha value is -0.900. The van der Waals surface area contributed by atoms with E-state index in [0.717, 1.165) is 19.5 Å². The van der Waals surface area contributed by atoms with Crippen LogP contribution in [-0.2, 0) is 0 Å². The molecule has 1 aliphatic carbocycles. The van der Waals surface area contributed by atoms with Crippen molar-refractivity contribution in [3.8, 4) is 0 Å². The molecule has 3 nitrogen and oxygen atoms in total. The van der Waals surface area contributed by atoms with Gasteiger partial charge in [0.15, 0.2) is 0 Å². The van der Waals surface area contributed by atoms with Gasteiger partial charge in [-0.15, -0.1) is 0 Å². The van der Waals surface area contributed by atoms with Gasteiger partial charge in [0.1, 0.15) is 0 Å². The lowest BCUT2D eigenvalue weighted by Crippen LogP contribution is -2.43. The molecule has 0 radical (unpaired) electrons. The van der Waals surface area contributed by atoms with E-state index in [-0.39, 0.29) is 12.6 Å². The van der Waals surface area contributed by atoms with Crippen LogP contribution in [0.5, 0.6) is 0 Å². The van der Waals surface area contributed by atoms with Crippen molar-refractivity contribution in [2.75, 3.05) is 19.7 Å². The maximum Gasteiger partial charge on any atom is 0.0558 e. The van der Waals surface area contributed by atoms with Gasteiger partial charge in [0.05, 0.1) is 6.61 Å². The highest BCUT2D eigenvalue weighted by atomic mass is 16.3. The SMILES string of the molecule is Cc1ccc(C(N)CCN(CCO)C2CCC2)cc1. The van der Waals surface area contributed by atoms with Gasteiger partial charge in [-0.2, -0.15) is 0 Å². The molecule has 0 amide bonds. The molecule has 0 aliphatic heterocycles. The first kappa shape index (κ1) is 14.5. The molecular formula is C16H26N2O. The van der Waals surface area contributed by atoms with Crippen LogP contribution in [0.3, 0.4) is 0 Å². The van der Waals surface area contributed by atoms with Gasteiger partial charge in [0.25, 0.3) is 0 Å². The molecule has 3 N–H and O–H groups in total. The molecule has 0 bridgehead atoms. The molecule has 2 rings (SSSR count). The van der Waals surface area contributed by atoms with Gasteiger partial charge in [-0.3, -0.25) is 4.90 Å². The Labute approximate surface area is 116 Å². The van der Waals surface area contributed by atoms with Crippen molar-refractivity contribution < 1.29 is 5.11 Å². The van der Waals surface area contributed by atoms with Crippen molar-refractivity contribution in [3.63, 3.8) is 0 Å². The molecular weight excluding hydrogens is 236 g/mol. The van der Waals surface area contributed by atoms with Crippen molar-refractivity contribution in [3.05, 3.63) is 35.4 Å². The first-order valence-corrected chi connectivity index (χ1v) is 7.38.